The molecule has 3 rings (SSSR count). The lowest BCUT2D eigenvalue weighted by Gasteiger charge is -2.27. The molecular formula is C9H11N5OS. The van der Waals surface area contributed by atoms with Crippen molar-refractivity contribution in [1.82, 2.24) is 19.6 Å². The smallest absolute Gasteiger partial charge is 0.348 e. The van der Waals surface area contributed by atoms with E-state index < -0.39 is 0 Å². The summed E-state index contributed by atoms with van der Waals surface area (Å²) in [7, 11) is 0. The largest absolute Gasteiger partial charge is 0.355 e. The van der Waals surface area contributed by atoms with Crippen LogP contribution in [0.25, 0.3) is 5.78 Å². The molecule has 0 saturated carbocycles. The van der Waals surface area contributed by atoms with Gasteiger partial charge in [0.15, 0.2) is 0 Å². The standard InChI is InChI=1S/C9H11N5OS/c15-9-12-11-8-10-7(1-2-14(8)9)13-3-5-16-6-4-13/h1-2H,3-6H2,(H,12,15). The molecule has 1 aliphatic rings. The topological polar surface area (TPSA) is 66.3 Å². The van der Waals surface area contributed by atoms with Crippen molar-refractivity contribution in [3.8, 4) is 0 Å². The van der Waals surface area contributed by atoms with Gasteiger partial charge in [0.2, 0.25) is 0 Å². The Morgan fingerprint density at radius 3 is 3.00 bits per heavy atom. The number of rotatable bonds is 1. The van der Waals surface area contributed by atoms with Crippen molar-refractivity contribution in [2.24, 2.45) is 0 Å². The number of aromatic amines is 1. The van der Waals surface area contributed by atoms with E-state index in [1.54, 1.807) is 6.20 Å². The van der Waals surface area contributed by atoms with Crippen LogP contribution in [0, 0.1) is 0 Å². The Hall–Kier alpha value is -1.50. The zero-order valence-corrected chi connectivity index (χ0v) is 9.40. The molecule has 1 aliphatic heterocycles. The summed E-state index contributed by atoms with van der Waals surface area (Å²) in [5, 5.41) is 6.24. The van der Waals surface area contributed by atoms with E-state index in [9.17, 15) is 4.79 Å². The van der Waals surface area contributed by atoms with Crippen LogP contribution in [-0.2, 0) is 0 Å². The van der Waals surface area contributed by atoms with Crippen LogP contribution in [0.2, 0.25) is 0 Å². The molecule has 0 amide bonds. The van der Waals surface area contributed by atoms with Gasteiger partial charge in [-0.15, -0.1) is 5.10 Å². The molecule has 2 aromatic heterocycles. The van der Waals surface area contributed by atoms with E-state index in [1.807, 2.05) is 17.8 Å². The minimum atomic E-state index is -0.247. The Morgan fingerprint density at radius 2 is 2.19 bits per heavy atom. The van der Waals surface area contributed by atoms with Gasteiger partial charge in [-0.25, -0.2) is 14.3 Å². The van der Waals surface area contributed by atoms with Gasteiger partial charge in [0, 0.05) is 30.8 Å². The number of H-pyrrole nitrogens is 1. The fraction of sp³-hybridized carbons (Fsp3) is 0.444. The highest BCUT2D eigenvalue weighted by Gasteiger charge is 2.13. The van der Waals surface area contributed by atoms with E-state index in [2.05, 4.69) is 20.1 Å². The normalized spacial score (nSPS) is 16.9. The molecule has 1 saturated heterocycles. The van der Waals surface area contributed by atoms with Gasteiger partial charge in [0.05, 0.1) is 0 Å². The van der Waals surface area contributed by atoms with Crippen LogP contribution in [0.1, 0.15) is 0 Å². The van der Waals surface area contributed by atoms with Gasteiger partial charge < -0.3 is 4.90 Å². The van der Waals surface area contributed by atoms with Gasteiger partial charge in [-0.1, -0.05) is 0 Å². The van der Waals surface area contributed by atoms with Crippen molar-refractivity contribution < 1.29 is 0 Å². The van der Waals surface area contributed by atoms with E-state index in [4.69, 9.17) is 0 Å². The molecule has 0 atom stereocenters. The van der Waals surface area contributed by atoms with Gasteiger partial charge in [-0.3, -0.25) is 0 Å². The molecule has 16 heavy (non-hydrogen) atoms. The molecule has 0 spiro atoms. The molecule has 0 aromatic carbocycles. The summed E-state index contributed by atoms with van der Waals surface area (Å²) in [6.45, 7) is 2.00. The molecule has 0 bridgehead atoms. The summed E-state index contributed by atoms with van der Waals surface area (Å²) in [6, 6.07) is 1.86. The maximum Gasteiger partial charge on any atom is 0.348 e. The summed E-state index contributed by atoms with van der Waals surface area (Å²) in [5.74, 6) is 3.58. The highest BCUT2D eigenvalue weighted by atomic mass is 32.2. The number of nitrogens with zero attached hydrogens (tertiary/aromatic N) is 4. The molecule has 6 nitrogen and oxygen atoms in total. The number of thioether (sulfide) groups is 1. The van der Waals surface area contributed by atoms with Crippen LogP contribution < -0.4 is 10.6 Å². The first-order chi connectivity index (χ1) is 7.84. The molecule has 1 fully saturated rings. The van der Waals surface area contributed by atoms with Crippen molar-refractivity contribution in [1.29, 1.82) is 0 Å². The zero-order valence-electron chi connectivity index (χ0n) is 8.59. The summed E-state index contributed by atoms with van der Waals surface area (Å²) in [5.41, 5.74) is -0.247. The summed E-state index contributed by atoms with van der Waals surface area (Å²) < 4.78 is 1.40. The van der Waals surface area contributed by atoms with Crippen molar-refractivity contribution >= 4 is 23.4 Å². The average molecular weight is 237 g/mol. The second-order valence-corrected chi connectivity index (χ2v) is 4.81. The number of aromatic nitrogens is 4. The van der Waals surface area contributed by atoms with Crippen molar-refractivity contribution in [3.63, 3.8) is 0 Å². The Labute approximate surface area is 95.7 Å². The molecule has 84 valence electrons. The first-order valence-electron chi connectivity index (χ1n) is 5.11. The van der Waals surface area contributed by atoms with Crippen LogP contribution in [0.15, 0.2) is 17.1 Å². The Morgan fingerprint density at radius 1 is 1.38 bits per heavy atom. The van der Waals surface area contributed by atoms with Gasteiger partial charge >= 0.3 is 5.69 Å². The van der Waals surface area contributed by atoms with E-state index in [0.29, 0.717) is 5.78 Å². The minimum absolute atomic E-state index is 0.247. The molecule has 0 unspecified atom stereocenters. The minimum Gasteiger partial charge on any atom is -0.355 e. The van der Waals surface area contributed by atoms with Crippen LogP contribution >= 0.6 is 11.8 Å². The Bertz CT molecular complexity index is 556. The second-order valence-electron chi connectivity index (χ2n) is 3.58. The molecule has 3 heterocycles. The second kappa shape index (κ2) is 3.82. The number of nitrogens with one attached hydrogen (secondary N) is 1. The van der Waals surface area contributed by atoms with Gasteiger partial charge in [0.25, 0.3) is 5.78 Å². The first kappa shape index (κ1) is 9.71. The lowest BCUT2D eigenvalue weighted by molar-refractivity contribution is 0.835. The Kier molecular flexibility index (Phi) is 2.32. The molecule has 0 aliphatic carbocycles. The van der Waals surface area contributed by atoms with Crippen molar-refractivity contribution in [3.05, 3.63) is 22.7 Å². The van der Waals surface area contributed by atoms with Crippen molar-refractivity contribution in [2.75, 3.05) is 29.5 Å². The van der Waals surface area contributed by atoms with Crippen LogP contribution in [0.3, 0.4) is 0 Å². The predicted octanol–water partition coefficient (Wildman–Crippen LogP) is -0.0292. The lowest BCUT2D eigenvalue weighted by Crippen LogP contribution is -2.33. The fourth-order valence-corrected chi connectivity index (χ4v) is 2.66. The maximum atomic E-state index is 11.3. The van der Waals surface area contributed by atoms with Crippen LogP contribution in [-0.4, -0.2) is 44.2 Å². The predicted molar refractivity (Wildman–Crippen MR) is 63.1 cm³/mol. The lowest BCUT2D eigenvalue weighted by atomic mass is 10.4. The van der Waals surface area contributed by atoms with E-state index in [1.165, 1.54) is 4.40 Å². The summed E-state index contributed by atoms with van der Waals surface area (Å²) in [4.78, 5) is 17.8. The van der Waals surface area contributed by atoms with E-state index >= 15 is 0 Å². The van der Waals surface area contributed by atoms with E-state index in [0.717, 1.165) is 30.4 Å². The molecule has 2 aromatic rings. The molecule has 1 N–H and O–H groups in total. The molecular weight excluding hydrogens is 226 g/mol. The van der Waals surface area contributed by atoms with E-state index in [-0.39, 0.29) is 5.69 Å². The molecule has 7 heteroatoms. The van der Waals surface area contributed by atoms with Gasteiger partial charge in [0.1, 0.15) is 5.82 Å². The zero-order chi connectivity index (χ0) is 11.0. The first-order valence-corrected chi connectivity index (χ1v) is 6.26. The number of anilines is 1. The fourth-order valence-electron chi connectivity index (χ4n) is 1.76. The van der Waals surface area contributed by atoms with Gasteiger partial charge in [-0.2, -0.15) is 16.7 Å². The maximum absolute atomic E-state index is 11.3. The van der Waals surface area contributed by atoms with Crippen LogP contribution in [0.5, 0.6) is 0 Å². The summed E-state index contributed by atoms with van der Waals surface area (Å²) >= 11 is 1.95. The van der Waals surface area contributed by atoms with Crippen molar-refractivity contribution in [2.45, 2.75) is 0 Å². The molecule has 0 radical (unpaired) electrons. The highest BCUT2D eigenvalue weighted by molar-refractivity contribution is 7.99. The third kappa shape index (κ3) is 1.57. The highest BCUT2D eigenvalue weighted by Crippen LogP contribution is 2.16. The monoisotopic (exact) mass is 237 g/mol. The third-order valence-corrected chi connectivity index (χ3v) is 3.55. The third-order valence-electron chi connectivity index (χ3n) is 2.61. The van der Waals surface area contributed by atoms with Crippen LogP contribution in [0.4, 0.5) is 5.82 Å². The number of hydrogen-bond donors (Lipinski definition) is 1. The average Bonchev–Trinajstić information content (AvgIpc) is 2.72. The Balaban J connectivity index is 2.01. The number of fused-ring (bicyclic) bond motifs is 1. The summed E-state index contributed by atoms with van der Waals surface area (Å²) in [6.07, 6.45) is 1.71. The number of hydrogen-bond acceptors (Lipinski definition) is 5. The van der Waals surface area contributed by atoms with Gasteiger partial charge in [-0.05, 0) is 6.07 Å². The quantitative estimate of drug-likeness (QED) is 0.754. The SMILES string of the molecule is O=c1[nH]nc2nc(N3CCSCC3)ccn12.